The van der Waals surface area contributed by atoms with Crippen molar-refractivity contribution in [1.82, 2.24) is 4.90 Å². The van der Waals surface area contributed by atoms with Gasteiger partial charge in [-0.15, -0.1) is 0 Å². The van der Waals surface area contributed by atoms with Gasteiger partial charge in [-0.05, 0) is 56.3 Å². The van der Waals surface area contributed by atoms with E-state index in [4.69, 9.17) is 5.73 Å². The Balaban J connectivity index is 2.08. The van der Waals surface area contributed by atoms with Crippen LogP contribution < -0.4 is 5.73 Å². The van der Waals surface area contributed by atoms with Crippen LogP contribution in [0.1, 0.15) is 54.8 Å². The molecule has 0 heterocycles. The number of likely N-dealkylation sites (N-methyl/N-ethyl adjacent to an activating group) is 1. The average molecular weight is 274 g/mol. The largest absolute Gasteiger partial charge is 0.329 e. The molecule has 1 aromatic rings. The van der Waals surface area contributed by atoms with Gasteiger partial charge in [0.05, 0.1) is 0 Å². The van der Waals surface area contributed by atoms with E-state index in [1.54, 1.807) is 0 Å². The maximum Gasteiger partial charge on any atom is 0.0470 e. The second kappa shape index (κ2) is 7.24. The van der Waals surface area contributed by atoms with Gasteiger partial charge in [0.15, 0.2) is 0 Å². The lowest BCUT2D eigenvalue weighted by Crippen LogP contribution is -2.35. The third-order valence-corrected chi connectivity index (χ3v) is 5.03. The zero-order valence-electron chi connectivity index (χ0n) is 13.4. The van der Waals surface area contributed by atoms with E-state index in [1.165, 1.54) is 55.3 Å². The Morgan fingerprint density at radius 2 is 1.90 bits per heavy atom. The third-order valence-electron chi connectivity index (χ3n) is 5.03. The molecule has 1 saturated carbocycles. The molecule has 0 saturated heterocycles. The third kappa shape index (κ3) is 3.62. The molecule has 1 aromatic carbocycles. The predicted molar refractivity (Wildman–Crippen MR) is 86.9 cm³/mol. The summed E-state index contributed by atoms with van der Waals surface area (Å²) >= 11 is 0. The normalized spacial score (nSPS) is 18.4. The highest BCUT2D eigenvalue weighted by Crippen LogP contribution is 2.28. The van der Waals surface area contributed by atoms with Crippen molar-refractivity contribution in [2.24, 2.45) is 11.7 Å². The monoisotopic (exact) mass is 274 g/mol. The van der Waals surface area contributed by atoms with Crippen LogP contribution in [0.3, 0.4) is 0 Å². The van der Waals surface area contributed by atoms with Gasteiger partial charge >= 0.3 is 0 Å². The van der Waals surface area contributed by atoms with Gasteiger partial charge in [0.2, 0.25) is 0 Å². The second-order valence-electron chi connectivity index (χ2n) is 6.48. The van der Waals surface area contributed by atoms with Crippen molar-refractivity contribution in [3.63, 3.8) is 0 Å². The highest BCUT2D eigenvalue weighted by molar-refractivity contribution is 5.35. The van der Waals surface area contributed by atoms with Crippen LogP contribution in [-0.2, 0) is 0 Å². The first-order valence-electron chi connectivity index (χ1n) is 8.10. The van der Waals surface area contributed by atoms with Crippen LogP contribution in [-0.4, -0.2) is 25.0 Å². The van der Waals surface area contributed by atoms with E-state index in [0.717, 1.165) is 5.92 Å². The average Bonchev–Trinajstić information content (AvgIpc) is 2.45. The van der Waals surface area contributed by atoms with Gasteiger partial charge < -0.3 is 5.73 Å². The zero-order valence-corrected chi connectivity index (χ0v) is 13.4. The van der Waals surface area contributed by atoms with Gasteiger partial charge in [0.1, 0.15) is 0 Å². The highest BCUT2D eigenvalue weighted by atomic mass is 15.1. The quantitative estimate of drug-likeness (QED) is 0.884. The first-order chi connectivity index (χ1) is 9.63. The number of hydrogen-bond acceptors (Lipinski definition) is 2. The molecule has 0 bridgehead atoms. The molecule has 2 rings (SSSR count). The number of rotatable bonds is 5. The lowest BCUT2D eigenvalue weighted by atomic mass is 9.88. The van der Waals surface area contributed by atoms with Gasteiger partial charge in [-0.3, -0.25) is 4.90 Å². The van der Waals surface area contributed by atoms with Crippen LogP contribution in [0.5, 0.6) is 0 Å². The van der Waals surface area contributed by atoms with Crippen LogP contribution in [0.25, 0.3) is 0 Å². The first-order valence-corrected chi connectivity index (χ1v) is 8.10. The fraction of sp³-hybridized carbons (Fsp3) is 0.667. The van der Waals surface area contributed by atoms with E-state index < -0.39 is 0 Å². The van der Waals surface area contributed by atoms with Crippen LogP contribution in [0.15, 0.2) is 18.2 Å². The molecule has 1 fully saturated rings. The minimum Gasteiger partial charge on any atom is -0.329 e. The maximum absolute atomic E-state index is 6.09. The molecule has 1 unspecified atom stereocenters. The van der Waals surface area contributed by atoms with Crippen molar-refractivity contribution in [3.05, 3.63) is 34.9 Å². The summed E-state index contributed by atoms with van der Waals surface area (Å²) in [5.74, 6) is 0.868. The van der Waals surface area contributed by atoms with E-state index in [1.807, 2.05) is 0 Å². The fourth-order valence-electron chi connectivity index (χ4n) is 3.58. The molecule has 112 valence electrons. The molecule has 20 heavy (non-hydrogen) atoms. The van der Waals surface area contributed by atoms with E-state index >= 15 is 0 Å². The molecule has 1 aliphatic rings. The molecular formula is C18H30N2. The lowest BCUT2D eigenvalue weighted by molar-refractivity contribution is 0.185. The highest BCUT2D eigenvalue weighted by Gasteiger charge is 2.22. The Kier molecular flexibility index (Phi) is 5.62. The van der Waals surface area contributed by atoms with Crippen LogP contribution in [0.2, 0.25) is 0 Å². The van der Waals surface area contributed by atoms with Crippen LogP contribution in [0.4, 0.5) is 0 Å². The van der Waals surface area contributed by atoms with Crippen molar-refractivity contribution < 1.29 is 0 Å². The minimum absolute atomic E-state index is 0.358. The Bertz CT molecular complexity index is 421. The summed E-state index contributed by atoms with van der Waals surface area (Å²) in [6.45, 7) is 6.30. The van der Waals surface area contributed by atoms with Crippen molar-refractivity contribution in [2.45, 2.75) is 52.0 Å². The number of aryl methyl sites for hydroxylation is 1. The summed E-state index contributed by atoms with van der Waals surface area (Å²) in [5.41, 5.74) is 10.3. The Labute approximate surface area is 124 Å². The van der Waals surface area contributed by atoms with Gasteiger partial charge in [0, 0.05) is 19.1 Å². The summed E-state index contributed by atoms with van der Waals surface area (Å²) in [5, 5.41) is 0. The maximum atomic E-state index is 6.09. The number of nitrogens with two attached hydrogens (primary N) is 1. The Morgan fingerprint density at radius 1 is 1.20 bits per heavy atom. The van der Waals surface area contributed by atoms with Gasteiger partial charge in [-0.2, -0.15) is 0 Å². The van der Waals surface area contributed by atoms with Crippen molar-refractivity contribution >= 4 is 0 Å². The van der Waals surface area contributed by atoms with Crippen molar-refractivity contribution in [1.29, 1.82) is 0 Å². The van der Waals surface area contributed by atoms with E-state index in [-0.39, 0.29) is 0 Å². The summed E-state index contributed by atoms with van der Waals surface area (Å²) in [6, 6.07) is 6.95. The van der Waals surface area contributed by atoms with Crippen LogP contribution >= 0.6 is 0 Å². The molecule has 2 N–H and O–H groups in total. The fourth-order valence-corrected chi connectivity index (χ4v) is 3.58. The van der Waals surface area contributed by atoms with Gasteiger partial charge in [-0.25, -0.2) is 0 Å². The molecule has 1 atom stereocenters. The Hall–Kier alpha value is -0.860. The molecule has 2 nitrogen and oxygen atoms in total. The SMILES string of the molecule is Cc1cccc(C(CN)N(C)CC2CCCCC2)c1C. The van der Waals surface area contributed by atoms with Gasteiger partial charge in [-0.1, -0.05) is 37.5 Å². The molecule has 0 spiro atoms. The smallest absolute Gasteiger partial charge is 0.0470 e. The predicted octanol–water partition coefficient (Wildman–Crippen LogP) is 3.82. The van der Waals surface area contributed by atoms with E-state index in [2.05, 4.69) is 44.0 Å². The molecule has 0 aromatic heterocycles. The lowest BCUT2D eigenvalue weighted by Gasteiger charge is -2.33. The summed E-state index contributed by atoms with van der Waals surface area (Å²) in [7, 11) is 2.24. The van der Waals surface area contributed by atoms with Crippen molar-refractivity contribution in [3.8, 4) is 0 Å². The summed E-state index contributed by atoms with van der Waals surface area (Å²) < 4.78 is 0. The Morgan fingerprint density at radius 3 is 2.55 bits per heavy atom. The topological polar surface area (TPSA) is 29.3 Å². The molecule has 0 amide bonds. The molecular weight excluding hydrogens is 244 g/mol. The molecule has 0 radical (unpaired) electrons. The number of nitrogens with zero attached hydrogens (tertiary/aromatic N) is 1. The van der Waals surface area contributed by atoms with Crippen molar-refractivity contribution in [2.75, 3.05) is 20.1 Å². The van der Waals surface area contributed by atoms with Crippen LogP contribution in [0, 0.1) is 19.8 Å². The molecule has 0 aliphatic heterocycles. The number of hydrogen-bond donors (Lipinski definition) is 1. The summed E-state index contributed by atoms with van der Waals surface area (Å²) in [6.07, 6.45) is 7.05. The first kappa shape index (κ1) is 15.5. The molecule has 2 heteroatoms. The molecule has 1 aliphatic carbocycles. The minimum atomic E-state index is 0.358. The van der Waals surface area contributed by atoms with E-state index in [0.29, 0.717) is 12.6 Å². The second-order valence-corrected chi connectivity index (χ2v) is 6.48. The zero-order chi connectivity index (χ0) is 14.5. The van der Waals surface area contributed by atoms with E-state index in [9.17, 15) is 0 Å². The summed E-state index contributed by atoms with van der Waals surface area (Å²) in [4.78, 5) is 2.48. The number of benzene rings is 1. The standard InChI is InChI=1S/C18H30N2/c1-14-8-7-11-17(15(14)2)18(12-19)20(3)13-16-9-5-4-6-10-16/h7-8,11,16,18H,4-6,9-10,12-13,19H2,1-3H3. The van der Waals surface area contributed by atoms with Gasteiger partial charge in [0.25, 0.3) is 0 Å².